The molecule has 5 aliphatic rings. The van der Waals surface area contributed by atoms with Gasteiger partial charge in [0.15, 0.2) is 0 Å². The van der Waals surface area contributed by atoms with Gasteiger partial charge in [-0.1, -0.05) is 19.9 Å². The molecule has 0 aromatic heterocycles. The summed E-state index contributed by atoms with van der Waals surface area (Å²) in [6.07, 6.45) is 14.9. The first-order valence-corrected chi connectivity index (χ1v) is 13.0. The summed E-state index contributed by atoms with van der Waals surface area (Å²) in [5.74, 6) is 2.99. The SMILES string of the molecule is COC1=CC2=CC[C@@H]3[C@H](CC[C@@]4(C)[C@H]3CC[C@@]4(O)CC=C(C#N)N3CCOCC3)[C@@]2(C)CC1. The summed E-state index contributed by atoms with van der Waals surface area (Å²) >= 11 is 0. The number of fused-ring (bicyclic) bond motifs is 5. The molecule has 4 aliphatic carbocycles. The number of morpholine rings is 1. The van der Waals surface area contributed by atoms with Gasteiger partial charge in [-0.2, -0.15) is 5.26 Å². The smallest absolute Gasteiger partial charge is 0.117 e. The summed E-state index contributed by atoms with van der Waals surface area (Å²) in [7, 11) is 1.79. The maximum Gasteiger partial charge on any atom is 0.117 e. The molecule has 0 aromatic carbocycles. The first-order valence-electron chi connectivity index (χ1n) is 13.0. The Morgan fingerprint density at radius 2 is 2.00 bits per heavy atom. The molecule has 1 heterocycles. The van der Waals surface area contributed by atoms with Gasteiger partial charge >= 0.3 is 0 Å². The Hall–Kier alpha value is -1.77. The van der Waals surface area contributed by atoms with E-state index in [2.05, 4.69) is 37.0 Å². The van der Waals surface area contributed by atoms with Gasteiger partial charge in [-0.05, 0) is 91.3 Å². The average Bonchev–Trinajstić information content (AvgIpc) is 3.10. The lowest BCUT2D eigenvalue weighted by molar-refractivity contribution is -0.120. The van der Waals surface area contributed by atoms with Crippen molar-refractivity contribution in [1.29, 1.82) is 5.26 Å². The molecule has 180 valence electrons. The zero-order chi connectivity index (χ0) is 23.3. The van der Waals surface area contributed by atoms with Crippen molar-refractivity contribution in [2.45, 2.75) is 70.8 Å². The van der Waals surface area contributed by atoms with E-state index in [1.165, 1.54) is 18.4 Å². The molecule has 33 heavy (non-hydrogen) atoms. The number of nitriles is 1. The minimum atomic E-state index is -0.725. The zero-order valence-electron chi connectivity index (χ0n) is 20.6. The minimum Gasteiger partial charge on any atom is -0.501 e. The largest absolute Gasteiger partial charge is 0.501 e. The molecule has 0 bridgehead atoms. The molecule has 2 saturated carbocycles. The van der Waals surface area contributed by atoms with E-state index in [4.69, 9.17) is 9.47 Å². The van der Waals surface area contributed by atoms with Crippen molar-refractivity contribution in [3.63, 3.8) is 0 Å². The number of hydrogen-bond acceptors (Lipinski definition) is 5. The molecule has 5 rings (SSSR count). The quantitative estimate of drug-likeness (QED) is 0.612. The number of rotatable bonds is 4. The molecule has 0 spiro atoms. The van der Waals surface area contributed by atoms with Crippen LogP contribution in [0, 0.1) is 39.9 Å². The van der Waals surface area contributed by atoms with E-state index in [0.29, 0.717) is 43.1 Å². The molecule has 5 heteroatoms. The maximum absolute atomic E-state index is 12.0. The third-order valence-electron chi connectivity index (χ3n) is 10.4. The van der Waals surface area contributed by atoms with Crippen molar-refractivity contribution >= 4 is 0 Å². The predicted octanol–water partition coefficient (Wildman–Crippen LogP) is 4.95. The topological polar surface area (TPSA) is 65.7 Å². The first-order chi connectivity index (χ1) is 15.8. The van der Waals surface area contributed by atoms with Crippen LogP contribution >= 0.6 is 0 Å². The normalized spacial score (nSPS) is 42.9. The monoisotopic (exact) mass is 452 g/mol. The van der Waals surface area contributed by atoms with Crippen LogP contribution in [0.2, 0.25) is 0 Å². The third kappa shape index (κ3) is 3.56. The highest BCUT2D eigenvalue weighted by Gasteiger charge is 2.63. The molecule has 3 fully saturated rings. The van der Waals surface area contributed by atoms with E-state index in [1.54, 1.807) is 7.11 Å². The lowest BCUT2D eigenvalue weighted by Gasteiger charge is -2.58. The first kappa shape index (κ1) is 23.0. The Labute approximate surface area is 199 Å². The van der Waals surface area contributed by atoms with Gasteiger partial charge in [0, 0.05) is 19.5 Å². The molecular weight excluding hydrogens is 412 g/mol. The van der Waals surface area contributed by atoms with Gasteiger partial charge in [-0.3, -0.25) is 0 Å². The fraction of sp³-hybridized carbons (Fsp3) is 0.750. The third-order valence-corrected chi connectivity index (χ3v) is 10.4. The molecule has 0 aromatic rings. The van der Waals surface area contributed by atoms with E-state index >= 15 is 0 Å². The summed E-state index contributed by atoms with van der Waals surface area (Å²) < 4.78 is 11.0. The van der Waals surface area contributed by atoms with Crippen molar-refractivity contribution in [2.24, 2.45) is 28.6 Å². The Balaban J connectivity index is 1.37. The van der Waals surface area contributed by atoms with Crippen LogP contribution in [0.4, 0.5) is 0 Å². The second-order valence-electron chi connectivity index (χ2n) is 11.5. The second kappa shape index (κ2) is 8.47. The number of hydrogen-bond donors (Lipinski definition) is 1. The summed E-state index contributed by atoms with van der Waals surface area (Å²) in [5, 5.41) is 21.8. The highest BCUT2D eigenvalue weighted by Crippen LogP contribution is 2.67. The van der Waals surface area contributed by atoms with Gasteiger partial charge in [-0.15, -0.1) is 0 Å². The Morgan fingerprint density at radius 3 is 2.73 bits per heavy atom. The van der Waals surface area contributed by atoms with Crippen molar-refractivity contribution < 1.29 is 14.6 Å². The Kier molecular flexibility index (Phi) is 5.90. The van der Waals surface area contributed by atoms with Crippen LogP contribution in [0.25, 0.3) is 0 Å². The van der Waals surface area contributed by atoms with Crippen molar-refractivity contribution in [3.8, 4) is 6.07 Å². The minimum absolute atomic E-state index is 0.0832. The van der Waals surface area contributed by atoms with E-state index < -0.39 is 5.60 Å². The van der Waals surface area contributed by atoms with Gasteiger partial charge in [0.25, 0.3) is 0 Å². The molecule has 0 unspecified atom stereocenters. The number of aliphatic hydroxyl groups is 1. The van der Waals surface area contributed by atoms with Gasteiger partial charge in [0.05, 0.1) is 31.7 Å². The summed E-state index contributed by atoms with van der Waals surface area (Å²) in [6, 6.07) is 2.38. The summed E-state index contributed by atoms with van der Waals surface area (Å²) in [6.45, 7) is 7.68. The van der Waals surface area contributed by atoms with Crippen LogP contribution in [0.15, 0.2) is 35.3 Å². The molecule has 0 radical (unpaired) electrons. The number of methoxy groups -OCH3 is 1. The second-order valence-corrected chi connectivity index (χ2v) is 11.5. The van der Waals surface area contributed by atoms with Crippen LogP contribution in [0.3, 0.4) is 0 Å². The fourth-order valence-electron chi connectivity index (χ4n) is 8.22. The van der Waals surface area contributed by atoms with Gasteiger partial charge in [0.1, 0.15) is 11.8 Å². The standard InChI is InChI=1S/C28H40N2O3/c1-26-10-7-22(32-3)18-20(26)4-5-23-24(26)8-11-27(2)25(23)9-13-28(27,31)12-6-21(19-29)30-14-16-33-17-15-30/h4,6,18,23-25,31H,5,7-17H2,1-3H3/t23-,24+,25+,26+,27+,28+/m1/s1. The summed E-state index contributed by atoms with van der Waals surface area (Å²) in [4.78, 5) is 2.11. The Morgan fingerprint density at radius 1 is 1.24 bits per heavy atom. The number of nitrogens with zero attached hydrogens (tertiary/aromatic N) is 2. The Bertz CT molecular complexity index is 911. The highest BCUT2D eigenvalue weighted by molar-refractivity contribution is 5.36. The van der Waals surface area contributed by atoms with Gasteiger partial charge in [-0.25, -0.2) is 0 Å². The molecule has 0 amide bonds. The van der Waals surface area contributed by atoms with Crippen molar-refractivity contribution in [2.75, 3.05) is 33.4 Å². The van der Waals surface area contributed by atoms with Crippen LogP contribution in [0.1, 0.15) is 65.2 Å². The van der Waals surface area contributed by atoms with Crippen LogP contribution < -0.4 is 0 Å². The van der Waals surface area contributed by atoms with Gasteiger partial charge in [0.2, 0.25) is 0 Å². The lowest BCUT2D eigenvalue weighted by atomic mass is 9.47. The molecule has 1 saturated heterocycles. The van der Waals surface area contributed by atoms with E-state index in [9.17, 15) is 10.4 Å². The molecular formula is C28H40N2O3. The van der Waals surface area contributed by atoms with Crippen LogP contribution in [0.5, 0.6) is 0 Å². The number of allylic oxidation sites excluding steroid dienone is 5. The molecule has 5 nitrogen and oxygen atoms in total. The van der Waals surface area contributed by atoms with Crippen LogP contribution in [-0.4, -0.2) is 49.0 Å². The van der Waals surface area contributed by atoms with E-state index in [-0.39, 0.29) is 10.8 Å². The van der Waals surface area contributed by atoms with E-state index in [0.717, 1.165) is 51.0 Å². The van der Waals surface area contributed by atoms with E-state index in [1.807, 2.05) is 6.08 Å². The zero-order valence-corrected chi connectivity index (χ0v) is 20.6. The lowest BCUT2D eigenvalue weighted by Crippen LogP contribution is -2.54. The average molecular weight is 453 g/mol. The van der Waals surface area contributed by atoms with Crippen molar-refractivity contribution in [3.05, 3.63) is 35.3 Å². The van der Waals surface area contributed by atoms with Crippen LogP contribution in [-0.2, 0) is 9.47 Å². The van der Waals surface area contributed by atoms with Crippen molar-refractivity contribution in [1.82, 2.24) is 4.90 Å². The maximum atomic E-state index is 12.0. The predicted molar refractivity (Wildman–Crippen MR) is 128 cm³/mol. The molecule has 6 atom stereocenters. The summed E-state index contributed by atoms with van der Waals surface area (Å²) in [5.41, 5.74) is 1.61. The highest BCUT2D eigenvalue weighted by atomic mass is 16.5. The fourth-order valence-corrected chi connectivity index (χ4v) is 8.22. The number of ether oxygens (including phenoxy) is 2. The molecule has 1 aliphatic heterocycles. The van der Waals surface area contributed by atoms with Gasteiger partial charge < -0.3 is 19.5 Å². The molecule has 1 N–H and O–H groups in total.